The molecule has 0 saturated heterocycles. The zero-order valence-corrected chi connectivity index (χ0v) is 13.5. The van der Waals surface area contributed by atoms with Gasteiger partial charge < -0.3 is 10.4 Å². The minimum absolute atomic E-state index is 0.168. The fourth-order valence-electron chi connectivity index (χ4n) is 2.09. The molecule has 0 aliphatic heterocycles. The van der Waals surface area contributed by atoms with Crippen LogP contribution < -0.4 is 10.7 Å². The first-order chi connectivity index (χ1) is 11.5. The Hall–Kier alpha value is -3.15. The van der Waals surface area contributed by atoms with Crippen molar-refractivity contribution in [3.63, 3.8) is 0 Å². The maximum atomic E-state index is 12.1. The summed E-state index contributed by atoms with van der Waals surface area (Å²) < 4.78 is 0. The first-order valence-electron chi connectivity index (χ1n) is 7.53. The Kier molecular flexibility index (Phi) is 5.68. The van der Waals surface area contributed by atoms with Crippen molar-refractivity contribution in [2.45, 2.75) is 20.3 Å². The van der Waals surface area contributed by atoms with E-state index in [1.807, 2.05) is 6.92 Å². The summed E-state index contributed by atoms with van der Waals surface area (Å²) in [5, 5.41) is 16.1. The molecular weight excluding hydrogens is 306 g/mol. The van der Waals surface area contributed by atoms with Gasteiger partial charge in [0.25, 0.3) is 5.91 Å². The first kappa shape index (κ1) is 17.2. The lowest BCUT2D eigenvalue weighted by molar-refractivity contribution is -0.114. The smallest absolute Gasteiger partial charge is 0.271 e. The van der Waals surface area contributed by atoms with Crippen molar-refractivity contribution in [2.75, 3.05) is 5.32 Å². The minimum atomic E-state index is -0.339. The zero-order chi connectivity index (χ0) is 17.5. The van der Waals surface area contributed by atoms with Crippen LogP contribution in [-0.2, 0) is 4.79 Å². The van der Waals surface area contributed by atoms with Gasteiger partial charge >= 0.3 is 0 Å². The molecule has 6 heteroatoms. The fourth-order valence-corrected chi connectivity index (χ4v) is 2.09. The lowest BCUT2D eigenvalue weighted by atomic mass is 10.1. The molecule has 0 saturated carbocycles. The van der Waals surface area contributed by atoms with Crippen LogP contribution in [0.15, 0.2) is 53.6 Å². The Morgan fingerprint density at radius 3 is 2.12 bits per heavy atom. The highest BCUT2D eigenvalue weighted by Crippen LogP contribution is 2.12. The van der Waals surface area contributed by atoms with Gasteiger partial charge in [-0.05, 0) is 60.5 Å². The molecule has 2 amide bonds. The largest absolute Gasteiger partial charge is 0.508 e. The highest BCUT2D eigenvalue weighted by atomic mass is 16.3. The Bertz CT molecular complexity index is 750. The van der Waals surface area contributed by atoms with Crippen LogP contribution in [0.2, 0.25) is 0 Å². The van der Waals surface area contributed by atoms with E-state index in [1.54, 1.807) is 48.5 Å². The lowest BCUT2D eigenvalue weighted by Gasteiger charge is -2.06. The summed E-state index contributed by atoms with van der Waals surface area (Å²) in [6.45, 7) is 3.35. The number of hydrazone groups is 1. The molecule has 0 unspecified atom stereocenters. The Labute approximate surface area is 140 Å². The van der Waals surface area contributed by atoms with E-state index in [-0.39, 0.29) is 17.6 Å². The molecule has 2 aromatic carbocycles. The van der Waals surface area contributed by atoms with Crippen molar-refractivity contribution in [2.24, 2.45) is 5.10 Å². The third kappa shape index (κ3) is 4.67. The molecule has 0 aliphatic carbocycles. The number of aromatic hydroxyl groups is 1. The topological polar surface area (TPSA) is 90.8 Å². The van der Waals surface area contributed by atoms with Gasteiger partial charge in [-0.1, -0.05) is 6.92 Å². The number of nitrogens with zero attached hydrogens (tertiary/aromatic N) is 1. The predicted molar refractivity (Wildman–Crippen MR) is 93.1 cm³/mol. The molecular formula is C18H19N3O3. The van der Waals surface area contributed by atoms with E-state index in [0.29, 0.717) is 23.4 Å². The summed E-state index contributed by atoms with van der Waals surface area (Å²) in [4.78, 5) is 23.1. The maximum absolute atomic E-state index is 12.1. The van der Waals surface area contributed by atoms with E-state index in [4.69, 9.17) is 0 Å². The number of carbonyl (C=O) groups is 2. The molecule has 6 nitrogen and oxygen atoms in total. The van der Waals surface area contributed by atoms with Gasteiger partial charge in [-0.15, -0.1) is 0 Å². The van der Waals surface area contributed by atoms with Crippen molar-refractivity contribution in [3.05, 3.63) is 59.7 Å². The molecule has 0 atom stereocenters. The number of hydrogen-bond donors (Lipinski definition) is 3. The van der Waals surface area contributed by atoms with Gasteiger partial charge in [0.15, 0.2) is 0 Å². The highest BCUT2D eigenvalue weighted by Gasteiger charge is 2.07. The molecule has 0 bridgehead atoms. The van der Waals surface area contributed by atoms with E-state index in [1.165, 1.54) is 6.92 Å². The van der Waals surface area contributed by atoms with Crippen molar-refractivity contribution in [1.82, 2.24) is 5.43 Å². The van der Waals surface area contributed by atoms with Crippen LogP contribution >= 0.6 is 0 Å². The summed E-state index contributed by atoms with van der Waals surface area (Å²) in [5.74, 6) is -0.329. The molecule has 3 N–H and O–H groups in total. The first-order valence-corrected chi connectivity index (χ1v) is 7.53. The molecule has 0 aliphatic rings. The van der Waals surface area contributed by atoms with Crippen molar-refractivity contribution in [1.29, 1.82) is 0 Å². The number of rotatable bonds is 5. The number of amides is 2. The third-order valence-electron chi connectivity index (χ3n) is 3.30. The van der Waals surface area contributed by atoms with Gasteiger partial charge in [0.1, 0.15) is 5.75 Å². The van der Waals surface area contributed by atoms with Crippen LogP contribution in [-0.4, -0.2) is 22.6 Å². The van der Waals surface area contributed by atoms with Crippen LogP contribution in [0, 0.1) is 0 Å². The number of hydrogen-bond acceptors (Lipinski definition) is 4. The van der Waals surface area contributed by atoms with Crippen LogP contribution in [0.25, 0.3) is 0 Å². The van der Waals surface area contributed by atoms with Crippen molar-refractivity contribution >= 4 is 23.2 Å². The number of nitrogens with one attached hydrogen (secondary N) is 2. The van der Waals surface area contributed by atoms with E-state index in [0.717, 1.165) is 5.56 Å². The van der Waals surface area contributed by atoms with Crippen LogP contribution in [0.3, 0.4) is 0 Å². The molecule has 24 heavy (non-hydrogen) atoms. The molecule has 2 aromatic rings. The van der Waals surface area contributed by atoms with Crippen molar-refractivity contribution < 1.29 is 14.7 Å². The molecule has 0 spiro atoms. The van der Waals surface area contributed by atoms with E-state index in [9.17, 15) is 14.7 Å². The number of phenols is 1. The van der Waals surface area contributed by atoms with E-state index < -0.39 is 0 Å². The standard InChI is InChI=1S/C18H19N3O3/c1-3-17(13-6-10-16(23)11-7-13)20-21-18(24)14-4-8-15(9-5-14)19-12(2)22/h4-11,23H,3H2,1-2H3,(H,19,22)(H,21,24). The van der Waals surface area contributed by atoms with Gasteiger partial charge in [-0.25, -0.2) is 5.43 Å². The minimum Gasteiger partial charge on any atom is -0.508 e. The van der Waals surface area contributed by atoms with Crippen LogP contribution in [0.4, 0.5) is 5.69 Å². The van der Waals surface area contributed by atoms with Gasteiger partial charge in [0, 0.05) is 18.2 Å². The van der Waals surface area contributed by atoms with E-state index in [2.05, 4.69) is 15.8 Å². The fraction of sp³-hybridized carbons (Fsp3) is 0.167. The SMILES string of the molecule is CCC(=NNC(=O)c1ccc(NC(C)=O)cc1)c1ccc(O)cc1. The van der Waals surface area contributed by atoms with Crippen LogP contribution in [0.5, 0.6) is 5.75 Å². The van der Waals surface area contributed by atoms with Gasteiger partial charge in [0.05, 0.1) is 5.71 Å². The zero-order valence-electron chi connectivity index (χ0n) is 13.5. The molecule has 124 valence electrons. The summed E-state index contributed by atoms with van der Waals surface area (Å²) >= 11 is 0. The normalized spacial score (nSPS) is 11.0. The predicted octanol–water partition coefficient (Wildman–Crippen LogP) is 2.89. The third-order valence-corrected chi connectivity index (χ3v) is 3.30. The number of anilines is 1. The second kappa shape index (κ2) is 7.92. The summed E-state index contributed by atoms with van der Waals surface area (Å²) in [6, 6.07) is 13.2. The summed E-state index contributed by atoms with van der Waals surface area (Å²) in [5.41, 5.74) is 5.12. The molecule has 0 fully saturated rings. The van der Waals surface area contributed by atoms with Gasteiger partial charge in [-0.2, -0.15) is 5.10 Å². The van der Waals surface area contributed by atoms with Gasteiger partial charge in [-0.3, -0.25) is 9.59 Å². The lowest BCUT2D eigenvalue weighted by Crippen LogP contribution is -2.20. The summed E-state index contributed by atoms with van der Waals surface area (Å²) in [6.07, 6.45) is 0.631. The average Bonchev–Trinajstić information content (AvgIpc) is 2.57. The highest BCUT2D eigenvalue weighted by molar-refractivity contribution is 6.02. The number of phenolic OH excluding ortho intramolecular Hbond substituents is 1. The Morgan fingerprint density at radius 2 is 1.58 bits per heavy atom. The number of benzene rings is 2. The average molecular weight is 325 g/mol. The quantitative estimate of drug-likeness (QED) is 0.583. The molecule has 0 aromatic heterocycles. The number of carbonyl (C=O) groups excluding carboxylic acids is 2. The van der Waals surface area contributed by atoms with E-state index >= 15 is 0 Å². The second-order valence-corrected chi connectivity index (χ2v) is 5.16. The van der Waals surface area contributed by atoms with Gasteiger partial charge in [0.2, 0.25) is 5.91 Å². The molecule has 0 heterocycles. The van der Waals surface area contributed by atoms with Crippen LogP contribution in [0.1, 0.15) is 36.2 Å². The second-order valence-electron chi connectivity index (χ2n) is 5.16. The maximum Gasteiger partial charge on any atom is 0.271 e. The Morgan fingerprint density at radius 1 is 1.00 bits per heavy atom. The Balaban J connectivity index is 2.07. The monoisotopic (exact) mass is 325 g/mol. The molecule has 2 rings (SSSR count). The molecule has 0 radical (unpaired) electrons. The summed E-state index contributed by atoms with van der Waals surface area (Å²) in [7, 11) is 0. The van der Waals surface area contributed by atoms with Crippen molar-refractivity contribution in [3.8, 4) is 5.75 Å².